The molecule has 0 aliphatic carbocycles. The number of hydrogen-bond acceptors (Lipinski definition) is 5. The standard InChI is InChI=1S/C14H13N3O5S/c1-10-6-5-9-12(17(19)20)13(10)23(21,22)16-15-14(18)11-7-3-2-4-8-11/h2-9,16H,1H3,(H,15,18). The summed E-state index contributed by atoms with van der Waals surface area (Å²) in [6.07, 6.45) is 0. The van der Waals surface area contributed by atoms with Crippen LogP contribution < -0.4 is 10.3 Å². The molecule has 2 aromatic carbocycles. The number of hydrogen-bond donors (Lipinski definition) is 2. The smallest absolute Gasteiger partial charge is 0.273 e. The number of hydrazine groups is 1. The van der Waals surface area contributed by atoms with Gasteiger partial charge in [0, 0.05) is 11.6 Å². The van der Waals surface area contributed by atoms with E-state index in [2.05, 4.69) is 0 Å². The van der Waals surface area contributed by atoms with Gasteiger partial charge in [-0.05, 0) is 24.6 Å². The number of carbonyl (C=O) groups is 1. The van der Waals surface area contributed by atoms with Gasteiger partial charge in [0.1, 0.15) is 0 Å². The van der Waals surface area contributed by atoms with Gasteiger partial charge in [0.2, 0.25) is 0 Å². The van der Waals surface area contributed by atoms with Gasteiger partial charge in [-0.3, -0.25) is 20.3 Å². The van der Waals surface area contributed by atoms with Gasteiger partial charge >= 0.3 is 0 Å². The molecule has 0 spiro atoms. The molecule has 0 radical (unpaired) electrons. The second-order valence-electron chi connectivity index (χ2n) is 4.61. The molecule has 2 aromatic rings. The number of aryl methyl sites for hydroxylation is 1. The van der Waals surface area contributed by atoms with E-state index in [0.29, 0.717) is 0 Å². The van der Waals surface area contributed by atoms with Crippen molar-refractivity contribution in [1.82, 2.24) is 10.3 Å². The molecule has 0 atom stereocenters. The molecule has 0 saturated heterocycles. The molecular formula is C14H13N3O5S. The Balaban J connectivity index is 2.27. The molecular weight excluding hydrogens is 322 g/mol. The lowest BCUT2D eigenvalue weighted by Gasteiger charge is -2.10. The summed E-state index contributed by atoms with van der Waals surface area (Å²) < 4.78 is 24.6. The predicted molar refractivity (Wildman–Crippen MR) is 82.1 cm³/mol. The molecule has 0 heterocycles. The maximum absolute atomic E-state index is 12.3. The van der Waals surface area contributed by atoms with Crippen molar-refractivity contribution >= 4 is 21.6 Å². The summed E-state index contributed by atoms with van der Waals surface area (Å²) in [6.45, 7) is 1.43. The first-order valence-electron chi connectivity index (χ1n) is 6.44. The molecule has 1 amide bonds. The van der Waals surface area contributed by atoms with E-state index in [1.54, 1.807) is 18.2 Å². The highest BCUT2D eigenvalue weighted by atomic mass is 32.2. The summed E-state index contributed by atoms with van der Waals surface area (Å²) in [5.41, 5.74) is 1.91. The zero-order valence-electron chi connectivity index (χ0n) is 12.0. The van der Waals surface area contributed by atoms with Gasteiger partial charge in [0.15, 0.2) is 4.90 Å². The number of sulfonamides is 1. The van der Waals surface area contributed by atoms with Crippen molar-refractivity contribution in [2.75, 3.05) is 0 Å². The SMILES string of the molecule is Cc1cccc([N+](=O)[O-])c1S(=O)(=O)NNC(=O)c1ccccc1. The highest BCUT2D eigenvalue weighted by molar-refractivity contribution is 7.89. The first-order valence-corrected chi connectivity index (χ1v) is 7.92. The average molecular weight is 335 g/mol. The maximum atomic E-state index is 12.3. The Morgan fingerprint density at radius 3 is 2.35 bits per heavy atom. The zero-order chi connectivity index (χ0) is 17.0. The second-order valence-corrected chi connectivity index (χ2v) is 6.23. The van der Waals surface area contributed by atoms with Crippen LogP contribution in [0.25, 0.3) is 0 Å². The van der Waals surface area contributed by atoms with Crippen LogP contribution >= 0.6 is 0 Å². The van der Waals surface area contributed by atoms with E-state index >= 15 is 0 Å². The van der Waals surface area contributed by atoms with Crippen molar-refractivity contribution < 1.29 is 18.1 Å². The topological polar surface area (TPSA) is 118 Å². The molecule has 23 heavy (non-hydrogen) atoms. The summed E-state index contributed by atoms with van der Waals surface area (Å²) in [6, 6.07) is 11.8. The lowest BCUT2D eigenvalue weighted by molar-refractivity contribution is -0.387. The van der Waals surface area contributed by atoms with Crippen LogP contribution in [0.4, 0.5) is 5.69 Å². The Kier molecular flexibility index (Phi) is 4.72. The van der Waals surface area contributed by atoms with Crippen molar-refractivity contribution in [1.29, 1.82) is 0 Å². The third-order valence-corrected chi connectivity index (χ3v) is 4.43. The Hall–Kier alpha value is -2.78. The fraction of sp³-hybridized carbons (Fsp3) is 0.0714. The molecule has 0 fully saturated rings. The number of nitro groups is 1. The Labute approximate surface area is 132 Å². The van der Waals surface area contributed by atoms with Crippen LogP contribution in [0.3, 0.4) is 0 Å². The van der Waals surface area contributed by atoms with E-state index in [0.717, 1.165) is 6.07 Å². The highest BCUT2D eigenvalue weighted by Crippen LogP contribution is 2.26. The van der Waals surface area contributed by atoms with Crippen molar-refractivity contribution in [3.05, 3.63) is 69.8 Å². The lowest BCUT2D eigenvalue weighted by Crippen LogP contribution is -2.41. The predicted octanol–water partition coefficient (Wildman–Crippen LogP) is 1.53. The third kappa shape index (κ3) is 3.71. The summed E-state index contributed by atoms with van der Waals surface area (Å²) in [5, 5.41) is 11.0. The fourth-order valence-electron chi connectivity index (χ4n) is 1.96. The maximum Gasteiger partial charge on any atom is 0.289 e. The summed E-state index contributed by atoms with van der Waals surface area (Å²) in [5.74, 6) is -0.676. The second kappa shape index (κ2) is 6.55. The Morgan fingerprint density at radius 1 is 1.09 bits per heavy atom. The number of carbonyl (C=O) groups excluding carboxylic acids is 1. The number of amides is 1. The number of nitro benzene ring substituents is 1. The monoisotopic (exact) mass is 335 g/mol. The quantitative estimate of drug-likeness (QED) is 0.634. The minimum Gasteiger partial charge on any atom is -0.273 e. The molecule has 2 N–H and O–H groups in total. The summed E-state index contributed by atoms with van der Waals surface area (Å²) in [4.78, 5) is 23.5. The van der Waals surface area contributed by atoms with Crippen LogP contribution in [0.15, 0.2) is 53.4 Å². The van der Waals surface area contributed by atoms with E-state index in [9.17, 15) is 23.3 Å². The molecule has 0 aliphatic rings. The van der Waals surface area contributed by atoms with E-state index in [1.165, 1.54) is 31.2 Å². The van der Waals surface area contributed by atoms with Crippen molar-refractivity contribution in [2.24, 2.45) is 0 Å². The van der Waals surface area contributed by atoms with Crippen molar-refractivity contribution in [3.63, 3.8) is 0 Å². The number of nitrogens with one attached hydrogen (secondary N) is 2. The van der Waals surface area contributed by atoms with E-state index in [1.807, 2.05) is 10.3 Å². The van der Waals surface area contributed by atoms with E-state index in [-0.39, 0.29) is 11.1 Å². The van der Waals surface area contributed by atoms with E-state index in [4.69, 9.17) is 0 Å². The van der Waals surface area contributed by atoms with Gasteiger partial charge in [-0.2, -0.15) is 0 Å². The Morgan fingerprint density at radius 2 is 1.74 bits per heavy atom. The normalized spacial score (nSPS) is 11.0. The van der Waals surface area contributed by atoms with Crippen molar-refractivity contribution in [3.8, 4) is 0 Å². The molecule has 9 heteroatoms. The summed E-state index contributed by atoms with van der Waals surface area (Å²) >= 11 is 0. The molecule has 0 aromatic heterocycles. The van der Waals surface area contributed by atoms with Gasteiger partial charge in [0.25, 0.3) is 21.6 Å². The van der Waals surface area contributed by atoms with Crippen LogP contribution in [-0.2, 0) is 10.0 Å². The molecule has 0 bridgehead atoms. The van der Waals surface area contributed by atoms with Crippen LogP contribution in [0.2, 0.25) is 0 Å². The first-order chi connectivity index (χ1) is 10.8. The number of benzene rings is 2. The number of nitrogens with zero attached hydrogens (tertiary/aromatic N) is 1. The first kappa shape index (κ1) is 16.6. The van der Waals surface area contributed by atoms with Gasteiger partial charge < -0.3 is 0 Å². The molecule has 8 nitrogen and oxygen atoms in total. The molecule has 0 unspecified atom stereocenters. The average Bonchev–Trinajstić information content (AvgIpc) is 2.53. The van der Waals surface area contributed by atoms with Crippen LogP contribution in [0.1, 0.15) is 15.9 Å². The van der Waals surface area contributed by atoms with Crippen LogP contribution in [0.5, 0.6) is 0 Å². The zero-order valence-corrected chi connectivity index (χ0v) is 12.8. The molecule has 0 aliphatic heterocycles. The highest BCUT2D eigenvalue weighted by Gasteiger charge is 2.28. The number of rotatable bonds is 5. The van der Waals surface area contributed by atoms with Crippen LogP contribution in [0, 0.1) is 17.0 Å². The van der Waals surface area contributed by atoms with Gasteiger partial charge in [-0.25, -0.2) is 8.42 Å². The Bertz CT molecular complexity index is 850. The minimum absolute atomic E-state index is 0.195. The van der Waals surface area contributed by atoms with Gasteiger partial charge in [-0.15, -0.1) is 4.83 Å². The fourth-order valence-corrected chi connectivity index (χ4v) is 3.20. The molecule has 120 valence electrons. The van der Waals surface area contributed by atoms with Crippen LogP contribution in [-0.4, -0.2) is 19.2 Å². The summed E-state index contributed by atoms with van der Waals surface area (Å²) in [7, 11) is -4.29. The third-order valence-electron chi connectivity index (χ3n) is 2.99. The molecule has 0 saturated carbocycles. The molecule has 2 rings (SSSR count). The van der Waals surface area contributed by atoms with Crippen molar-refractivity contribution in [2.45, 2.75) is 11.8 Å². The minimum atomic E-state index is -4.29. The van der Waals surface area contributed by atoms with Gasteiger partial charge in [0.05, 0.1) is 4.92 Å². The van der Waals surface area contributed by atoms with Gasteiger partial charge in [-0.1, -0.05) is 30.3 Å². The lowest BCUT2D eigenvalue weighted by atomic mass is 10.2. The van der Waals surface area contributed by atoms with E-state index < -0.39 is 31.4 Å². The largest absolute Gasteiger partial charge is 0.289 e.